The molecular weight excluding hydrogens is 371 g/mol. The van der Waals surface area contributed by atoms with Crippen molar-refractivity contribution in [3.05, 3.63) is 67.1 Å². The average Bonchev–Trinajstić information content (AvgIpc) is 3.21. The minimum Gasteiger partial charge on any atom is -0.489 e. The van der Waals surface area contributed by atoms with Crippen LogP contribution in [0.3, 0.4) is 0 Å². The van der Waals surface area contributed by atoms with Gasteiger partial charge >= 0.3 is 0 Å². The van der Waals surface area contributed by atoms with Gasteiger partial charge in [-0.05, 0) is 29.8 Å². The molecule has 1 unspecified atom stereocenters. The fraction of sp³-hybridized carbons (Fsp3) is 0.182. The highest BCUT2D eigenvalue weighted by Crippen LogP contribution is 2.25. The first-order valence-electron chi connectivity index (χ1n) is 9.26. The molecule has 29 heavy (non-hydrogen) atoms. The van der Waals surface area contributed by atoms with E-state index in [2.05, 4.69) is 15.3 Å². The summed E-state index contributed by atoms with van der Waals surface area (Å²) in [5.41, 5.74) is 4.72. The number of aliphatic hydroxyl groups is 1. The Hall–Kier alpha value is -3.45. The smallest absolute Gasteiger partial charge is 0.137 e. The fourth-order valence-corrected chi connectivity index (χ4v) is 2.98. The van der Waals surface area contributed by atoms with Crippen molar-refractivity contribution in [2.45, 2.75) is 6.10 Å². The van der Waals surface area contributed by atoms with Crippen molar-refractivity contribution in [1.82, 2.24) is 14.4 Å². The van der Waals surface area contributed by atoms with E-state index in [9.17, 15) is 9.50 Å². The number of aliphatic hydroxyl groups excluding tert-OH is 1. The highest BCUT2D eigenvalue weighted by atomic mass is 19.1. The predicted octanol–water partition coefficient (Wildman–Crippen LogP) is 3.81. The lowest BCUT2D eigenvalue weighted by atomic mass is 10.0. The standard InChI is InChI=1S/C22H21FN4O2/c1-24-21-8-6-17(11-25-21)15-2-4-16(5-3-15)20-13-27-12-19(7-9-22(27)26-20)29-14-18(28)10-23/h2-9,11-13,18,28H,10,14H2,1H3,(H,24,25). The van der Waals surface area contributed by atoms with Crippen LogP contribution < -0.4 is 10.1 Å². The first-order chi connectivity index (χ1) is 14.2. The summed E-state index contributed by atoms with van der Waals surface area (Å²) in [6, 6.07) is 15.7. The number of nitrogens with zero attached hydrogens (tertiary/aromatic N) is 3. The first-order valence-corrected chi connectivity index (χ1v) is 9.26. The van der Waals surface area contributed by atoms with E-state index >= 15 is 0 Å². The number of anilines is 1. The number of ether oxygens (including phenoxy) is 1. The number of alkyl halides is 1. The number of pyridine rings is 2. The maximum absolute atomic E-state index is 12.4. The fourth-order valence-electron chi connectivity index (χ4n) is 2.98. The zero-order valence-corrected chi connectivity index (χ0v) is 15.9. The number of hydrogen-bond donors (Lipinski definition) is 2. The largest absolute Gasteiger partial charge is 0.489 e. The Balaban J connectivity index is 1.54. The Morgan fingerprint density at radius 1 is 1.03 bits per heavy atom. The summed E-state index contributed by atoms with van der Waals surface area (Å²) in [4.78, 5) is 8.99. The van der Waals surface area contributed by atoms with E-state index in [4.69, 9.17) is 4.74 Å². The zero-order chi connectivity index (χ0) is 20.2. The van der Waals surface area contributed by atoms with Gasteiger partial charge in [0, 0.05) is 30.6 Å². The van der Waals surface area contributed by atoms with Gasteiger partial charge in [0.2, 0.25) is 0 Å². The highest BCUT2D eigenvalue weighted by Gasteiger charge is 2.08. The summed E-state index contributed by atoms with van der Waals surface area (Å²) >= 11 is 0. The number of aromatic nitrogens is 3. The molecule has 0 aliphatic rings. The highest BCUT2D eigenvalue weighted by molar-refractivity contribution is 5.70. The monoisotopic (exact) mass is 392 g/mol. The maximum atomic E-state index is 12.4. The number of hydrogen-bond acceptors (Lipinski definition) is 5. The van der Waals surface area contributed by atoms with Crippen LogP contribution >= 0.6 is 0 Å². The predicted molar refractivity (Wildman–Crippen MR) is 111 cm³/mol. The minimum absolute atomic E-state index is 0.0881. The molecule has 2 N–H and O–H groups in total. The van der Waals surface area contributed by atoms with Gasteiger partial charge in [-0.25, -0.2) is 14.4 Å². The Morgan fingerprint density at radius 2 is 1.79 bits per heavy atom. The molecule has 4 aromatic rings. The molecule has 0 fully saturated rings. The maximum Gasteiger partial charge on any atom is 0.137 e. The first kappa shape index (κ1) is 18.9. The van der Waals surface area contributed by atoms with Crippen LogP contribution in [0.4, 0.5) is 10.2 Å². The van der Waals surface area contributed by atoms with Crippen molar-refractivity contribution in [1.29, 1.82) is 0 Å². The molecular formula is C22H21FN4O2. The minimum atomic E-state index is -1.12. The third-order valence-electron chi connectivity index (χ3n) is 4.58. The molecule has 4 rings (SSSR count). The summed E-state index contributed by atoms with van der Waals surface area (Å²) in [6.45, 7) is -0.918. The van der Waals surface area contributed by atoms with E-state index in [0.717, 1.165) is 33.8 Å². The van der Waals surface area contributed by atoms with Crippen LogP contribution in [0.1, 0.15) is 0 Å². The van der Waals surface area contributed by atoms with Crippen LogP contribution in [0, 0.1) is 0 Å². The summed E-state index contributed by atoms with van der Waals surface area (Å²) in [7, 11) is 1.84. The Labute approximate surface area is 167 Å². The van der Waals surface area contributed by atoms with Gasteiger partial charge in [0.05, 0.1) is 11.9 Å². The number of nitrogens with one attached hydrogen (secondary N) is 1. The Bertz CT molecular complexity index is 1090. The van der Waals surface area contributed by atoms with Gasteiger partial charge in [0.15, 0.2) is 0 Å². The molecule has 1 aromatic carbocycles. The summed E-state index contributed by atoms with van der Waals surface area (Å²) in [6.07, 6.45) is 4.39. The summed E-state index contributed by atoms with van der Waals surface area (Å²) < 4.78 is 19.6. The van der Waals surface area contributed by atoms with Crippen LogP contribution in [-0.2, 0) is 0 Å². The molecule has 0 aliphatic carbocycles. The average molecular weight is 392 g/mol. The lowest BCUT2D eigenvalue weighted by Crippen LogP contribution is -2.19. The molecule has 7 heteroatoms. The van der Waals surface area contributed by atoms with Crippen molar-refractivity contribution >= 4 is 11.5 Å². The van der Waals surface area contributed by atoms with Crippen molar-refractivity contribution in [2.24, 2.45) is 0 Å². The van der Waals surface area contributed by atoms with E-state index in [1.54, 1.807) is 12.3 Å². The molecule has 6 nitrogen and oxygen atoms in total. The number of rotatable bonds is 7. The van der Waals surface area contributed by atoms with E-state index in [-0.39, 0.29) is 6.61 Å². The molecule has 0 bridgehead atoms. The lowest BCUT2D eigenvalue weighted by molar-refractivity contribution is 0.0840. The third kappa shape index (κ3) is 4.20. The van der Waals surface area contributed by atoms with Gasteiger partial charge in [0.25, 0.3) is 0 Å². The molecule has 0 saturated heterocycles. The number of halogens is 1. The van der Waals surface area contributed by atoms with Crippen molar-refractivity contribution in [3.63, 3.8) is 0 Å². The molecule has 0 saturated carbocycles. The van der Waals surface area contributed by atoms with E-state index in [0.29, 0.717) is 5.75 Å². The quantitative estimate of drug-likeness (QED) is 0.500. The van der Waals surface area contributed by atoms with Crippen LogP contribution in [0.5, 0.6) is 5.75 Å². The summed E-state index contributed by atoms with van der Waals surface area (Å²) in [5, 5.41) is 12.3. The molecule has 0 radical (unpaired) electrons. The molecule has 0 aliphatic heterocycles. The van der Waals surface area contributed by atoms with Crippen LogP contribution in [0.25, 0.3) is 28.0 Å². The van der Waals surface area contributed by atoms with Crippen LogP contribution in [0.15, 0.2) is 67.1 Å². The second-order valence-electron chi connectivity index (χ2n) is 6.64. The Morgan fingerprint density at radius 3 is 2.48 bits per heavy atom. The van der Waals surface area contributed by atoms with Gasteiger partial charge in [-0.2, -0.15) is 0 Å². The zero-order valence-electron chi connectivity index (χ0n) is 15.9. The molecule has 148 valence electrons. The van der Waals surface area contributed by atoms with Crippen molar-refractivity contribution in [2.75, 3.05) is 25.6 Å². The van der Waals surface area contributed by atoms with E-state index in [1.165, 1.54) is 0 Å². The van der Waals surface area contributed by atoms with Gasteiger partial charge in [-0.15, -0.1) is 0 Å². The van der Waals surface area contributed by atoms with Crippen LogP contribution in [0.2, 0.25) is 0 Å². The Kier molecular flexibility index (Phi) is 5.39. The second-order valence-corrected chi connectivity index (χ2v) is 6.64. The van der Waals surface area contributed by atoms with Crippen molar-refractivity contribution < 1.29 is 14.2 Å². The van der Waals surface area contributed by atoms with E-state index < -0.39 is 12.8 Å². The summed E-state index contributed by atoms with van der Waals surface area (Å²) in [5.74, 6) is 1.37. The normalized spacial score (nSPS) is 12.1. The number of imidazole rings is 1. The molecule has 3 aromatic heterocycles. The van der Waals surface area contributed by atoms with Gasteiger partial charge < -0.3 is 19.6 Å². The molecule has 0 amide bonds. The van der Waals surface area contributed by atoms with Crippen LogP contribution in [-0.4, -0.2) is 45.9 Å². The second kappa shape index (κ2) is 8.28. The van der Waals surface area contributed by atoms with Gasteiger partial charge in [-0.1, -0.05) is 24.3 Å². The molecule has 1 atom stereocenters. The lowest BCUT2D eigenvalue weighted by Gasteiger charge is -2.09. The number of benzene rings is 1. The SMILES string of the molecule is CNc1ccc(-c2ccc(-c3cn4cc(OCC(O)CF)ccc4n3)cc2)cn1. The van der Waals surface area contributed by atoms with Gasteiger partial charge in [-0.3, -0.25) is 0 Å². The molecule has 3 heterocycles. The molecule has 0 spiro atoms. The van der Waals surface area contributed by atoms with E-state index in [1.807, 2.05) is 66.3 Å². The number of fused-ring (bicyclic) bond motifs is 1. The topological polar surface area (TPSA) is 71.7 Å². The third-order valence-corrected chi connectivity index (χ3v) is 4.58. The van der Waals surface area contributed by atoms with Crippen molar-refractivity contribution in [3.8, 4) is 28.1 Å². The van der Waals surface area contributed by atoms with Gasteiger partial charge in [0.1, 0.15) is 36.6 Å².